The second kappa shape index (κ2) is 8.74. The molecule has 0 aliphatic carbocycles. The van der Waals surface area contributed by atoms with Gasteiger partial charge in [0, 0.05) is 12.6 Å². The molecule has 0 aliphatic rings. The van der Waals surface area contributed by atoms with Crippen molar-refractivity contribution in [2.45, 2.75) is 13.5 Å². The molecule has 2 rings (SSSR count). The molecule has 4 N–H and O–H groups in total. The molecule has 0 unspecified atom stereocenters. The van der Waals surface area contributed by atoms with Crippen molar-refractivity contribution in [2.75, 3.05) is 18.9 Å². The summed E-state index contributed by atoms with van der Waals surface area (Å²) in [7, 11) is 0. The fourth-order valence-electron chi connectivity index (χ4n) is 2.18. The fourth-order valence-corrected chi connectivity index (χ4v) is 2.18. The number of carbonyl (C=O) groups excluding carboxylic acids is 1. The van der Waals surface area contributed by atoms with Crippen molar-refractivity contribution >= 4 is 17.7 Å². The molecule has 2 aromatic rings. The van der Waals surface area contributed by atoms with Crippen LogP contribution in [-0.4, -0.2) is 24.2 Å². The van der Waals surface area contributed by atoms with Crippen LogP contribution in [0.15, 0.2) is 48.5 Å². The van der Waals surface area contributed by atoms with E-state index in [0.717, 1.165) is 11.1 Å². The van der Waals surface area contributed by atoms with Crippen molar-refractivity contribution in [1.29, 1.82) is 0 Å². The normalized spacial score (nSPS) is 10.8. The van der Waals surface area contributed by atoms with Crippen LogP contribution in [0.3, 0.4) is 0 Å². The predicted octanol–water partition coefficient (Wildman–Crippen LogP) is 2.28. The maximum Gasteiger partial charge on any atom is 0.244 e. The number of nitrogens with two attached hydrogens (primary N) is 1. The second-order valence-corrected chi connectivity index (χ2v) is 5.42. The summed E-state index contributed by atoms with van der Waals surface area (Å²) in [6.07, 6.45) is 3.06. The molecular formula is C19H22N2O3. The first-order valence-corrected chi connectivity index (χ1v) is 7.73. The highest BCUT2D eigenvalue weighted by Gasteiger charge is 2.02. The lowest BCUT2D eigenvalue weighted by Crippen LogP contribution is -2.24. The molecule has 0 heterocycles. The Kier molecular flexibility index (Phi) is 6.40. The number of rotatable bonds is 7. The third-order valence-electron chi connectivity index (χ3n) is 3.35. The van der Waals surface area contributed by atoms with E-state index >= 15 is 0 Å². The Labute approximate surface area is 141 Å². The molecule has 5 heteroatoms. The number of ether oxygens (including phenoxy) is 1. The van der Waals surface area contributed by atoms with Crippen LogP contribution in [0.2, 0.25) is 0 Å². The first-order chi connectivity index (χ1) is 11.6. The summed E-state index contributed by atoms with van der Waals surface area (Å²) >= 11 is 0. The Bertz CT molecular complexity index is 726. The summed E-state index contributed by atoms with van der Waals surface area (Å²) in [6, 6.07) is 13.5. The van der Waals surface area contributed by atoms with Crippen LogP contribution in [0.25, 0.3) is 6.08 Å². The SMILES string of the molecule is Cc1cccc(COc2ccc(/C=C\C(=O)NCCO)cc2N)c1. The van der Waals surface area contributed by atoms with Gasteiger partial charge >= 0.3 is 0 Å². The highest BCUT2D eigenvalue weighted by atomic mass is 16.5. The first kappa shape index (κ1) is 17.6. The second-order valence-electron chi connectivity index (χ2n) is 5.42. The van der Waals surface area contributed by atoms with Crippen LogP contribution in [0.4, 0.5) is 5.69 Å². The first-order valence-electron chi connectivity index (χ1n) is 7.73. The molecule has 5 nitrogen and oxygen atoms in total. The minimum atomic E-state index is -0.262. The number of aliphatic hydroxyl groups excluding tert-OH is 1. The Balaban J connectivity index is 1.96. The lowest BCUT2D eigenvalue weighted by molar-refractivity contribution is -0.116. The molecule has 0 aliphatic heterocycles. The van der Waals surface area contributed by atoms with E-state index in [-0.39, 0.29) is 19.1 Å². The van der Waals surface area contributed by atoms with Crippen LogP contribution in [-0.2, 0) is 11.4 Å². The molecule has 0 aromatic heterocycles. The molecule has 126 valence electrons. The molecule has 0 fully saturated rings. The number of hydrogen-bond acceptors (Lipinski definition) is 4. The Morgan fingerprint density at radius 2 is 2.12 bits per heavy atom. The Morgan fingerprint density at radius 3 is 2.83 bits per heavy atom. The van der Waals surface area contributed by atoms with Crippen molar-refractivity contribution < 1.29 is 14.6 Å². The van der Waals surface area contributed by atoms with Crippen molar-refractivity contribution in [1.82, 2.24) is 5.32 Å². The lowest BCUT2D eigenvalue weighted by atomic mass is 10.1. The van der Waals surface area contributed by atoms with Gasteiger partial charge in [-0.15, -0.1) is 0 Å². The molecular weight excluding hydrogens is 304 g/mol. The maximum absolute atomic E-state index is 11.4. The van der Waals surface area contributed by atoms with Gasteiger partial charge in [-0.2, -0.15) is 0 Å². The Hall–Kier alpha value is -2.79. The van der Waals surface area contributed by atoms with E-state index in [1.54, 1.807) is 18.2 Å². The quantitative estimate of drug-likeness (QED) is 0.538. The molecule has 0 saturated heterocycles. The highest BCUT2D eigenvalue weighted by Crippen LogP contribution is 2.24. The van der Waals surface area contributed by atoms with E-state index in [2.05, 4.69) is 11.4 Å². The summed E-state index contributed by atoms with van der Waals surface area (Å²) in [5, 5.41) is 11.2. The van der Waals surface area contributed by atoms with Crippen LogP contribution in [0, 0.1) is 6.92 Å². The van der Waals surface area contributed by atoms with Gasteiger partial charge in [0.05, 0.1) is 12.3 Å². The average Bonchev–Trinajstić information content (AvgIpc) is 2.57. The summed E-state index contributed by atoms with van der Waals surface area (Å²) in [4.78, 5) is 11.4. The molecule has 0 atom stereocenters. The van der Waals surface area contributed by atoms with E-state index in [1.165, 1.54) is 11.6 Å². The van der Waals surface area contributed by atoms with Gasteiger partial charge < -0.3 is 20.9 Å². The molecule has 0 radical (unpaired) electrons. The smallest absolute Gasteiger partial charge is 0.244 e. The maximum atomic E-state index is 11.4. The summed E-state index contributed by atoms with van der Waals surface area (Å²) in [6.45, 7) is 2.64. The number of anilines is 1. The van der Waals surface area contributed by atoms with E-state index in [9.17, 15) is 4.79 Å². The van der Waals surface area contributed by atoms with E-state index in [1.807, 2.05) is 31.2 Å². The van der Waals surface area contributed by atoms with Gasteiger partial charge in [0.2, 0.25) is 5.91 Å². The van der Waals surface area contributed by atoms with Gasteiger partial charge in [-0.1, -0.05) is 35.9 Å². The van der Waals surface area contributed by atoms with E-state index in [0.29, 0.717) is 18.0 Å². The van der Waals surface area contributed by atoms with Gasteiger partial charge in [-0.25, -0.2) is 0 Å². The molecule has 0 spiro atoms. The molecule has 0 bridgehead atoms. The number of nitrogen functional groups attached to an aromatic ring is 1. The fraction of sp³-hybridized carbons (Fsp3) is 0.211. The molecule has 0 saturated carbocycles. The molecule has 24 heavy (non-hydrogen) atoms. The van der Waals surface area contributed by atoms with Crippen molar-refractivity contribution in [3.63, 3.8) is 0 Å². The van der Waals surface area contributed by atoms with E-state index < -0.39 is 0 Å². The largest absolute Gasteiger partial charge is 0.487 e. The molecule has 2 aromatic carbocycles. The predicted molar refractivity (Wildman–Crippen MR) is 95.5 cm³/mol. The van der Waals surface area contributed by atoms with Gasteiger partial charge in [-0.05, 0) is 36.3 Å². The highest BCUT2D eigenvalue weighted by molar-refractivity contribution is 5.91. The van der Waals surface area contributed by atoms with Crippen LogP contribution in [0.5, 0.6) is 5.75 Å². The summed E-state index contributed by atoms with van der Waals surface area (Å²) < 4.78 is 5.76. The zero-order valence-corrected chi connectivity index (χ0v) is 13.7. The number of carbonyl (C=O) groups is 1. The third kappa shape index (κ3) is 5.44. The zero-order valence-electron chi connectivity index (χ0n) is 13.7. The van der Waals surface area contributed by atoms with Gasteiger partial charge in [0.25, 0.3) is 0 Å². The van der Waals surface area contributed by atoms with Crippen LogP contribution < -0.4 is 15.8 Å². The summed E-state index contributed by atoms with van der Waals surface area (Å²) in [5.74, 6) is 0.348. The minimum absolute atomic E-state index is 0.0838. The van der Waals surface area contributed by atoms with Crippen molar-refractivity contribution in [3.8, 4) is 5.75 Å². The number of aryl methyl sites for hydroxylation is 1. The van der Waals surface area contributed by atoms with Crippen LogP contribution >= 0.6 is 0 Å². The summed E-state index contributed by atoms with van der Waals surface area (Å²) in [5.41, 5.74) is 9.59. The number of hydrogen-bond donors (Lipinski definition) is 3. The standard InChI is InChI=1S/C19H22N2O3/c1-14-3-2-4-16(11-14)13-24-18-7-5-15(12-17(18)20)6-8-19(23)21-9-10-22/h2-8,11-12,22H,9-10,13,20H2,1H3,(H,21,23)/b8-6-. The van der Waals surface area contributed by atoms with E-state index in [4.69, 9.17) is 15.6 Å². The number of aliphatic hydroxyl groups is 1. The van der Waals surface area contributed by atoms with Gasteiger partial charge in [0.1, 0.15) is 12.4 Å². The number of nitrogens with one attached hydrogen (secondary N) is 1. The average molecular weight is 326 g/mol. The third-order valence-corrected chi connectivity index (χ3v) is 3.35. The van der Waals surface area contributed by atoms with Crippen LogP contribution in [0.1, 0.15) is 16.7 Å². The van der Waals surface area contributed by atoms with Gasteiger partial charge in [-0.3, -0.25) is 4.79 Å². The van der Waals surface area contributed by atoms with Gasteiger partial charge in [0.15, 0.2) is 0 Å². The van der Waals surface area contributed by atoms with Crippen molar-refractivity contribution in [2.24, 2.45) is 0 Å². The number of benzene rings is 2. The minimum Gasteiger partial charge on any atom is -0.487 e. The van der Waals surface area contributed by atoms with Crippen molar-refractivity contribution in [3.05, 3.63) is 65.2 Å². The number of amides is 1. The molecule has 1 amide bonds. The topological polar surface area (TPSA) is 84.6 Å². The Morgan fingerprint density at radius 1 is 1.29 bits per heavy atom. The monoisotopic (exact) mass is 326 g/mol. The zero-order chi connectivity index (χ0) is 17.4. The lowest BCUT2D eigenvalue weighted by Gasteiger charge is -2.10.